The first kappa shape index (κ1) is 17.3. The fourth-order valence-electron chi connectivity index (χ4n) is 1.73. The predicted molar refractivity (Wildman–Crippen MR) is 82.8 cm³/mol. The van der Waals surface area contributed by atoms with Crippen molar-refractivity contribution in [3.05, 3.63) is 0 Å². The minimum absolute atomic E-state index is 1.00. The monoisotopic (exact) mass is 276 g/mol. The van der Waals surface area contributed by atoms with Crippen LogP contribution in [0.4, 0.5) is 0 Å². The minimum Gasteiger partial charge on any atom is -0.303 e. The van der Waals surface area contributed by atoms with E-state index in [1.807, 2.05) is 0 Å². The standard InChI is InChI=1S/C11H32N4Si2/c1-8-12-17(13-9-2,15(4)10-3)14-11-16(5,6)7/h12-14H,8-11H2,1-7H3. The highest BCUT2D eigenvalue weighted by Gasteiger charge is 2.38. The van der Waals surface area contributed by atoms with E-state index in [1.165, 1.54) is 0 Å². The maximum atomic E-state index is 3.83. The predicted octanol–water partition coefficient (Wildman–Crippen LogP) is 1.06. The van der Waals surface area contributed by atoms with E-state index in [-0.39, 0.29) is 0 Å². The van der Waals surface area contributed by atoms with Crippen LogP contribution in [0.3, 0.4) is 0 Å². The van der Waals surface area contributed by atoms with Gasteiger partial charge < -0.3 is 14.9 Å². The highest BCUT2D eigenvalue weighted by atomic mass is 28.4. The molecule has 0 aliphatic heterocycles. The van der Waals surface area contributed by atoms with Gasteiger partial charge in [-0.15, -0.1) is 0 Å². The van der Waals surface area contributed by atoms with Crippen molar-refractivity contribution in [3.63, 3.8) is 0 Å². The number of nitrogens with one attached hydrogen (secondary N) is 3. The van der Waals surface area contributed by atoms with Gasteiger partial charge in [0.1, 0.15) is 0 Å². The van der Waals surface area contributed by atoms with Gasteiger partial charge in [-0.05, 0) is 32.8 Å². The van der Waals surface area contributed by atoms with Crippen molar-refractivity contribution < 1.29 is 0 Å². The Morgan fingerprint density at radius 1 is 0.882 bits per heavy atom. The molecule has 0 saturated heterocycles. The Morgan fingerprint density at radius 2 is 1.35 bits per heavy atom. The van der Waals surface area contributed by atoms with Crippen LogP contribution < -0.4 is 14.9 Å². The second kappa shape index (κ2) is 7.65. The van der Waals surface area contributed by atoms with Crippen LogP contribution in [0.2, 0.25) is 19.6 Å². The molecule has 0 radical (unpaired) electrons. The van der Waals surface area contributed by atoms with Gasteiger partial charge in [0.15, 0.2) is 0 Å². The molecule has 0 amide bonds. The molecule has 0 saturated carbocycles. The van der Waals surface area contributed by atoms with Crippen molar-refractivity contribution in [2.45, 2.75) is 40.4 Å². The molecule has 3 N–H and O–H groups in total. The van der Waals surface area contributed by atoms with Gasteiger partial charge in [-0.2, -0.15) is 0 Å². The van der Waals surface area contributed by atoms with Crippen molar-refractivity contribution in [1.29, 1.82) is 0 Å². The van der Waals surface area contributed by atoms with E-state index in [0.29, 0.717) is 0 Å². The normalized spacial score (nSPS) is 13.4. The average molecular weight is 277 g/mol. The zero-order valence-electron chi connectivity index (χ0n) is 12.8. The Kier molecular flexibility index (Phi) is 7.78. The fourth-order valence-corrected chi connectivity index (χ4v) is 7.56. The molecule has 0 aromatic carbocycles. The topological polar surface area (TPSA) is 39.3 Å². The molecule has 0 aliphatic carbocycles. The Hall–Kier alpha value is 0.274. The van der Waals surface area contributed by atoms with Gasteiger partial charge in [0.2, 0.25) is 0 Å². The van der Waals surface area contributed by atoms with Crippen LogP contribution >= 0.6 is 0 Å². The molecule has 0 spiro atoms. The summed E-state index contributed by atoms with van der Waals surface area (Å²) in [5, 5.41) is 0. The summed E-state index contributed by atoms with van der Waals surface area (Å²) >= 11 is 0. The smallest absolute Gasteiger partial charge is 0.303 e. The first-order valence-corrected chi connectivity index (χ1v) is 12.4. The van der Waals surface area contributed by atoms with Crippen molar-refractivity contribution in [3.8, 4) is 0 Å². The van der Waals surface area contributed by atoms with E-state index in [1.54, 1.807) is 0 Å². The molecule has 0 heterocycles. The summed E-state index contributed by atoms with van der Waals surface area (Å²) in [4.78, 5) is 11.2. The lowest BCUT2D eigenvalue weighted by molar-refractivity contribution is 0.473. The molecular formula is C11H32N4Si2. The van der Waals surface area contributed by atoms with Gasteiger partial charge in [-0.1, -0.05) is 40.4 Å². The van der Waals surface area contributed by atoms with E-state index in [4.69, 9.17) is 0 Å². The van der Waals surface area contributed by atoms with E-state index in [9.17, 15) is 0 Å². The Balaban J connectivity index is 4.76. The van der Waals surface area contributed by atoms with Gasteiger partial charge in [0, 0.05) is 0 Å². The molecule has 0 unspecified atom stereocenters. The van der Waals surface area contributed by atoms with Crippen molar-refractivity contribution in [2.75, 3.05) is 32.8 Å². The van der Waals surface area contributed by atoms with Gasteiger partial charge >= 0.3 is 8.72 Å². The van der Waals surface area contributed by atoms with Crippen LogP contribution in [0.5, 0.6) is 0 Å². The van der Waals surface area contributed by atoms with Crippen molar-refractivity contribution in [2.24, 2.45) is 0 Å². The molecule has 0 rings (SSSR count). The summed E-state index contributed by atoms with van der Waals surface area (Å²) in [6, 6.07) is 0. The highest BCUT2D eigenvalue weighted by molar-refractivity contribution is 6.78. The molecule has 0 aromatic heterocycles. The van der Waals surface area contributed by atoms with Crippen LogP contribution in [0, 0.1) is 0 Å². The second-order valence-corrected chi connectivity index (χ2v) is 14.4. The summed E-state index contributed by atoms with van der Waals surface area (Å²) in [7, 11) is -0.754. The molecule has 0 aromatic rings. The number of rotatable bonds is 9. The number of hydrogen-bond donors (Lipinski definition) is 3. The summed E-state index contributed by atoms with van der Waals surface area (Å²) < 4.78 is 2.43. The number of nitrogens with zero attached hydrogens (tertiary/aromatic N) is 1. The SMILES string of the molecule is CCN[Si](NCC)(NC[Si](C)(C)C)N(C)CC. The van der Waals surface area contributed by atoms with Crippen molar-refractivity contribution in [1.82, 2.24) is 19.5 Å². The zero-order valence-corrected chi connectivity index (χ0v) is 14.8. The van der Waals surface area contributed by atoms with Gasteiger partial charge in [0.25, 0.3) is 0 Å². The van der Waals surface area contributed by atoms with Crippen LogP contribution in [-0.2, 0) is 0 Å². The van der Waals surface area contributed by atoms with Gasteiger partial charge in [-0.25, -0.2) is 0 Å². The minimum atomic E-state index is -1.89. The second-order valence-electron chi connectivity index (χ2n) is 5.70. The van der Waals surface area contributed by atoms with Gasteiger partial charge in [-0.3, -0.25) is 4.57 Å². The van der Waals surface area contributed by atoms with Crippen LogP contribution in [0.1, 0.15) is 20.8 Å². The Bertz CT molecular complexity index is 200. The van der Waals surface area contributed by atoms with Crippen LogP contribution in [0.15, 0.2) is 0 Å². The lowest BCUT2D eigenvalue weighted by Gasteiger charge is -2.41. The quantitative estimate of drug-likeness (QED) is 0.551. The average Bonchev–Trinajstić information content (AvgIpc) is 2.24. The van der Waals surface area contributed by atoms with Gasteiger partial charge in [0.05, 0.1) is 8.07 Å². The summed E-state index contributed by atoms with van der Waals surface area (Å²) in [6.45, 7) is 16.9. The molecule has 6 heteroatoms. The number of hydrogen-bond acceptors (Lipinski definition) is 4. The lowest BCUT2D eigenvalue weighted by atomic mass is 10.8. The third-order valence-corrected chi connectivity index (χ3v) is 8.26. The first-order chi connectivity index (χ1) is 7.81. The first-order valence-electron chi connectivity index (χ1n) is 6.77. The molecule has 17 heavy (non-hydrogen) atoms. The van der Waals surface area contributed by atoms with E-state index < -0.39 is 16.8 Å². The van der Waals surface area contributed by atoms with E-state index in [2.05, 4.69) is 67.0 Å². The summed E-state index contributed by atoms with van der Waals surface area (Å²) in [6.07, 6.45) is 1.16. The van der Waals surface area contributed by atoms with Crippen LogP contribution in [-0.4, -0.2) is 54.2 Å². The summed E-state index contributed by atoms with van der Waals surface area (Å²) in [5.41, 5.74) is 0. The maximum absolute atomic E-state index is 3.83. The molecule has 0 aliphatic rings. The molecule has 0 atom stereocenters. The third-order valence-electron chi connectivity index (χ3n) is 2.79. The molecule has 0 fully saturated rings. The molecule has 104 valence electrons. The van der Waals surface area contributed by atoms with Crippen molar-refractivity contribution >= 4 is 16.8 Å². The van der Waals surface area contributed by atoms with Crippen LogP contribution in [0.25, 0.3) is 0 Å². The molecular weight excluding hydrogens is 244 g/mol. The van der Waals surface area contributed by atoms with E-state index in [0.717, 1.165) is 25.8 Å². The lowest BCUT2D eigenvalue weighted by Crippen LogP contribution is -2.81. The third kappa shape index (κ3) is 6.12. The van der Waals surface area contributed by atoms with E-state index >= 15 is 0 Å². The Labute approximate surface area is 110 Å². The fraction of sp³-hybridized carbons (Fsp3) is 1.00. The molecule has 4 nitrogen and oxygen atoms in total. The zero-order chi connectivity index (χ0) is 13.5. The highest BCUT2D eigenvalue weighted by Crippen LogP contribution is 2.02. The summed E-state index contributed by atoms with van der Waals surface area (Å²) in [5.74, 6) is 0. The Morgan fingerprint density at radius 3 is 1.65 bits per heavy atom. The maximum Gasteiger partial charge on any atom is 0.368 e. The largest absolute Gasteiger partial charge is 0.368 e. The molecule has 0 bridgehead atoms.